The van der Waals surface area contributed by atoms with Gasteiger partial charge in [0, 0.05) is 17.1 Å². The van der Waals surface area contributed by atoms with Gasteiger partial charge in [0.15, 0.2) is 7.05 Å². The van der Waals surface area contributed by atoms with Gasteiger partial charge in [0.05, 0.1) is 11.4 Å². The van der Waals surface area contributed by atoms with Gasteiger partial charge in [-0.15, -0.1) is 0 Å². The lowest BCUT2D eigenvalue weighted by Crippen LogP contribution is -2.39. The van der Waals surface area contributed by atoms with Crippen molar-refractivity contribution in [3.63, 3.8) is 0 Å². The van der Waals surface area contributed by atoms with Gasteiger partial charge in [0.1, 0.15) is 5.52 Å². The van der Waals surface area contributed by atoms with Crippen molar-refractivity contribution in [2.45, 2.75) is 34.1 Å². The molecule has 0 aliphatic heterocycles. The summed E-state index contributed by atoms with van der Waals surface area (Å²) in [5.41, 5.74) is 5.99. The Balaban J connectivity index is 2.88. The molecule has 16 heavy (non-hydrogen) atoms. The van der Waals surface area contributed by atoms with Crippen LogP contribution in [0, 0.1) is 20.8 Å². The second kappa shape index (κ2) is 3.77. The molecule has 0 spiro atoms. The summed E-state index contributed by atoms with van der Waals surface area (Å²) in [6.07, 6.45) is 0.958. The van der Waals surface area contributed by atoms with E-state index in [1.165, 1.54) is 11.3 Å². The highest BCUT2D eigenvalue weighted by Crippen LogP contribution is 2.15. The molecule has 84 valence electrons. The molecule has 0 radical (unpaired) electrons. The molecule has 2 aromatic rings. The Hall–Kier alpha value is -1.58. The summed E-state index contributed by atoms with van der Waals surface area (Å²) in [4.78, 5) is 9.06. The first-order valence-corrected chi connectivity index (χ1v) is 5.55. The zero-order valence-electron chi connectivity index (χ0n) is 10.5. The molecule has 0 atom stereocenters. The van der Waals surface area contributed by atoms with Crippen LogP contribution in [0.5, 0.6) is 0 Å². The molecule has 0 aliphatic carbocycles. The molecule has 2 rings (SSSR count). The fraction of sp³-hybridized carbons (Fsp3) is 0.500. The molecule has 0 bridgehead atoms. The average Bonchev–Trinajstić information content (AvgIpc) is 2.22. The summed E-state index contributed by atoms with van der Waals surface area (Å²) >= 11 is 0. The number of hydrogen-bond donors (Lipinski definition) is 0. The Morgan fingerprint density at radius 1 is 1.06 bits per heavy atom. The van der Waals surface area contributed by atoms with E-state index in [0.717, 1.165) is 29.0 Å². The third kappa shape index (κ3) is 1.54. The third-order valence-corrected chi connectivity index (χ3v) is 3.05. The molecule has 0 aliphatic rings. The number of aryl methyl sites for hydroxylation is 4. The molecular weight excluding hydrogens is 200 g/mol. The highest BCUT2D eigenvalue weighted by molar-refractivity contribution is 5.73. The molecule has 0 saturated heterocycles. The molecule has 0 aromatic carbocycles. The normalized spacial score (nSPS) is 11.1. The largest absolute Gasteiger partial charge is 0.247 e. The van der Waals surface area contributed by atoms with Crippen LogP contribution >= 0.6 is 0 Å². The fourth-order valence-electron chi connectivity index (χ4n) is 1.99. The Labute approximate surface area is 95.4 Å². The maximum Gasteiger partial charge on any atom is 0.246 e. The minimum atomic E-state index is 0.736. The number of hydrogen-bond acceptors (Lipinski definition) is 3. The molecule has 0 saturated carbocycles. The Morgan fingerprint density at radius 2 is 1.69 bits per heavy atom. The maximum atomic E-state index is 4.59. The second-order valence-electron chi connectivity index (χ2n) is 4.12. The predicted molar refractivity (Wildman–Crippen MR) is 62.1 cm³/mol. The van der Waals surface area contributed by atoms with Crippen LogP contribution in [0.2, 0.25) is 0 Å². The molecule has 2 aromatic heterocycles. The Kier molecular flexibility index (Phi) is 2.58. The zero-order valence-corrected chi connectivity index (χ0v) is 10.5. The number of fused-ring (bicyclic) bond motifs is 1. The Morgan fingerprint density at radius 3 is 2.31 bits per heavy atom. The molecule has 2 heterocycles. The van der Waals surface area contributed by atoms with Gasteiger partial charge in [-0.2, -0.15) is 0 Å². The topological polar surface area (TPSA) is 42.6 Å². The SMILES string of the molecule is CCc1c(C)c2nc(C)c(C)nc2n[n+]1C. The summed E-state index contributed by atoms with van der Waals surface area (Å²) in [7, 11) is 1.96. The lowest BCUT2D eigenvalue weighted by atomic mass is 10.1. The maximum absolute atomic E-state index is 4.59. The van der Waals surface area contributed by atoms with Crippen molar-refractivity contribution in [2.75, 3.05) is 0 Å². The first-order chi connectivity index (χ1) is 7.54. The summed E-state index contributed by atoms with van der Waals surface area (Å²) < 4.78 is 1.90. The minimum absolute atomic E-state index is 0.736. The molecule has 0 fully saturated rings. The van der Waals surface area contributed by atoms with E-state index in [1.807, 2.05) is 25.6 Å². The van der Waals surface area contributed by atoms with Crippen LogP contribution in [-0.4, -0.2) is 15.1 Å². The van der Waals surface area contributed by atoms with E-state index in [9.17, 15) is 0 Å². The van der Waals surface area contributed by atoms with Crippen LogP contribution in [0.4, 0.5) is 0 Å². The van der Waals surface area contributed by atoms with E-state index in [2.05, 4.69) is 28.9 Å². The van der Waals surface area contributed by atoms with Gasteiger partial charge in [0.2, 0.25) is 11.3 Å². The third-order valence-electron chi connectivity index (χ3n) is 3.05. The van der Waals surface area contributed by atoms with E-state index >= 15 is 0 Å². The van der Waals surface area contributed by atoms with Gasteiger partial charge in [-0.3, -0.25) is 0 Å². The Bertz CT molecular complexity index is 561. The van der Waals surface area contributed by atoms with Crippen molar-refractivity contribution in [1.29, 1.82) is 0 Å². The second-order valence-corrected chi connectivity index (χ2v) is 4.12. The standard InChI is InChI=1S/C12H17N4/c1-6-10-7(2)11-12(15-16(10)5)14-9(4)8(3)13-11/h6H2,1-5H3/q+1. The van der Waals surface area contributed by atoms with Gasteiger partial charge < -0.3 is 0 Å². The van der Waals surface area contributed by atoms with Crippen molar-refractivity contribution < 1.29 is 4.68 Å². The average molecular weight is 217 g/mol. The quantitative estimate of drug-likeness (QED) is 0.677. The molecule has 4 nitrogen and oxygen atoms in total. The van der Waals surface area contributed by atoms with Crippen LogP contribution in [0.1, 0.15) is 29.6 Å². The van der Waals surface area contributed by atoms with Crippen molar-refractivity contribution in [3.05, 3.63) is 22.6 Å². The first-order valence-electron chi connectivity index (χ1n) is 5.55. The monoisotopic (exact) mass is 217 g/mol. The number of nitrogens with zero attached hydrogens (tertiary/aromatic N) is 4. The minimum Gasteiger partial charge on any atom is -0.247 e. The summed E-state index contributed by atoms with van der Waals surface area (Å²) in [6, 6.07) is 0. The summed E-state index contributed by atoms with van der Waals surface area (Å²) in [5, 5.41) is 4.45. The van der Waals surface area contributed by atoms with E-state index in [-0.39, 0.29) is 0 Å². The van der Waals surface area contributed by atoms with Crippen LogP contribution < -0.4 is 4.68 Å². The van der Waals surface area contributed by atoms with Crippen LogP contribution in [0.15, 0.2) is 0 Å². The van der Waals surface area contributed by atoms with E-state index in [1.54, 1.807) is 0 Å². The van der Waals surface area contributed by atoms with Gasteiger partial charge in [-0.25, -0.2) is 9.97 Å². The number of aromatic nitrogens is 4. The van der Waals surface area contributed by atoms with Crippen LogP contribution in [0.3, 0.4) is 0 Å². The van der Waals surface area contributed by atoms with Gasteiger partial charge >= 0.3 is 0 Å². The van der Waals surface area contributed by atoms with Gasteiger partial charge in [-0.05, 0) is 20.8 Å². The molecule has 4 heteroatoms. The fourth-order valence-corrected chi connectivity index (χ4v) is 1.99. The number of rotatable bonds is 1. The zero-order chi connectivity index (χ0) is 11.9. The molecule has 0 amide bonds. The lowest BCUT2D eigenvalue weighted by Gasteiger charge is -2.05. The van der Waals surface area contributed by atoms with Gasteiger partial charge in [-0.1, -0.05) is 11.6 Å². The van der Waals surface area contributed by atoms with Crippen LogP contribution in [0.25, 0.3) is 11.2 Å². The predicted octanol–water partition coefficient (Wildman–Crippen LogP) is 1.34. The van der Waals surface area contributed by atoms with Crippen molar-refractivity contribution in [2.24, 2.45) is 7.05 Å². The highest BCUT2D eigenvalue weighted by Gasteiger charge is 2.17. The van der Waals surface area contributed by atoms with E-state index in [4.69, 9.17) is 0 Å². The van der Waals surface area contributed by atoms with E-state index in [0.29, 0.717) is 0 Å². The van der Waals surface area contributed by atoms with Crippen LogP contribution in [-0.2, 0) is 13.5 Å². The van der Waals surface area contributed by atoms with Crippen molar-refractivity contribution >= 4 is 11.2 Å². The summed E-state index contributed by atoms with van der Waals surface area (Å²) in [6.45, 7) is 8.17. The first kappa shape index (κ1) is 10.9. The highest BCUT2D eigenvalue weighted by atomic mass is 15.3. The van der Waals surface area contributed by atoms with Gasteiger partial charge in [0.25, 0.3) is 0 Å². The lowest BCUT2D eigenvalue weighted by molar-refractivity contribution is -0.735. The van der Waals surface area contributed by atoms with E-state index < -0.39 is 0 Å². The summed E-state index contributed by atoms with van der Waals surface area (Å²) in [5.74, 6) is 0. The molecule has 0 N–H and O–H groups in total. The van der Waals surface area contributed by atoms with Crippen molar-refractivity contribution in [3.8, 4) is 0 Å². The molecular formula is C12H17N4+. The van der Waals surface area contributed by atoms with Crippen molar-refractivity contribution in [1.82, 2.24) is 15.1 Å². The molecule has 0 unspecified atom stereocenters. The smallest absolute Gasteiger partial charge is 0.246 e.